The number of esters is 1. The van der Waals surface area contributed by atoms with Gasteiger partial charge in [0.05, 0.1) is 25.5 Å². The quantitative estimate of drug-likeness (QED) is 0.652. The van der Waals surface area contributed by atoms with Gasteiger partial charge in [0.2, 0.25) is 5.82 Å². The minimum atomic E-state index is -0.898. The molecule has 1 N–H and O–H groups in total. The van der Waals surface area contributed by atoms with E-state index in [1.165, 1.54) is 7.11 Å². The Kier molecular flexibility index (Phi) is 7.00. The van der Waals surface area contributed by atoms with Gasteiger partial charge < -0.3 is 19.5 Å². The van der Waals surface area contributed by atoms with E-state index in [2.05, 4.69) is 24.9 Å². The third kappa shape index (κ3) is 5.73. The van der Waals surface area contributed by atoms with Crippen molar-refractivity contribution in [1.29, 1.82) is 0 Å². The summed E-state index contributed by atoms with van der Waals surface area (Å²) < 4.78 is 44.6. The highest BCUT2D eigenvalue weighted by molar-refractivity contribution is 5.85. The van der Waals surface area contributed by atoms with Crippen LogP contribution in [0.25, 0.3) is 0 Å². The van der Waals surface area contributed by atoms with Crippen LogP contribution in [0, 0.1) is 11.6 Å². The molecular formula is C24H28F2N4O5. The van der Waals surface area contributed by atoms with Crippen molar-refractivity contribution in [3.8, 4) is 0 Å². The summed E-state index contributed by atoms with van der Waals surface area (Å²) >= 11 is 0. The second-order valence-electron chi connectivity index (χ2n) is 9.62. The van der Waals surface area contributed by atoms with E-state index in [0.717, 1.165) is 23.8 Å². The Morgan fingerprint density at radius 2 is 2.00 bits per heavy atom. The first-order valence-corrected chi connectivity index (χ1v) is 11.3. The predicted octanol–water partition coefficient (Wildman–Crippen LogP) is 3.28. The van der Waals surface area contributed by atoms with Crippen LogP contribution in [-0.4, -0.2) is 58.3 Å². The molecule has 1 amide bonds. The first kappa shape index (κ1) is 24.9. The van der Waals surface area contributed by atoms with Crippen molar-refractivity contribution in [1.82, 2.24) is 20.2 Å². The van der Waals surface area contributed by atoms with E-state index in [9.17, 15) is 18.4 Å². The lowest BCUT2D eigenvalue weighted by Gasteiger charge is -2.40. The van der Waals surface area contributed by atoms with Crippen molar-refractivity contribution in [2.45, 2.75) is 64.1 Å². The molecule has 9 nitrogen and oxygen atoms in total. The molecule has 0 saturated carbocycles. The topological polar surface area (TPSA) is 103 Å². The third-order valence-corrected chi connectivity index (χ3v) is 5.89. The molecule has 0 spiro atoms. The number of hydrogen-bond donors (Lipinski definition) is 1. The van der Waals surface area contributed by atoms with Crippen molar-refractivity contribution in [3.05, 3.63) is 58.7 Å². The molecular weight excluding hydrogens is 462 g/mol. The van der Waals surface area contributed by atoms with Crippen LogP contribution >= 0.6 is 0 Å². The average Bonchev–Trinajstić information content (AvgIpc) is 3.22. The highest BCUT2D eigenvalue weighted by atomic mass is 19.1. The highest BCUT2D eigenvalue weighted by Crippen LogP contribution is 2.35. The zero-order valence-electron chi connectivity index (χ0n) is 20.0. The number of ether oxygens (including phenoxy) is 3. The Morgan fingerprint density at radius 3 is 2.71 bits per heavy atom. The van der Waals surface area contributed by atoms with Crippen molar-refractivity contribution in [3.63, 3.8) is 0 Å². The molecule has 2 aliphatic rings. The summed E-state index contributed by atoms with van der Waals surface area (Å²) in [5.41, 5.74) is 0.872. The van der Waals surface area contributed by atoms with Crippen molar-refractivity contribution < 1.29 is 32.6 Å². The fourth-order valence-corrected chi connectivity index (χ4v) is 4.33. The lowest BCUT2D eigenvalue weighted by atomic mass is 9.92. The summed E-state index contributed by atoms with van der Waals surface area (Å²) in [6, 6.07) is 2.31. The van der Waals surface area contributed by atoms with E-state index in [-0.39, 0.29) is 24.0 Å². The number of amides is 1. The largest absolute Gasteiger partial charge is 0.463 e. The molecule has 1 aromatic carbocycles. The van der Waals surface area contributed by atoms with Gasteiger partial charge in [-0.3, -0.25) is 4.90 Å². The number of benzene rings is 1. The van der Waals surface area contributed by atoms with Crippen LogP contribution in [0.4, 0.5) is 13.6 Å². The molecule has 1 saturated heterocycles. The lowest BCUT2D eigenvalue weighted by molar-refractivity contribution is -0.0628. The molecule has 0 unspecified atom stereocenters. The van der Waals surface area contributed by atoms with E-state index in [1.807, 2.05) is 0 Å². The number of aromatic nitrogens is 2. The zero-order chi connectivity index (χ0) is 25.3. The highest BCUT2D eigenvalue weighted by Gasteiger charge is 2.40. The normalized spacial score (nSPS) is 22.4. The number of carbonyl (C=O) groups excluding carboxylic acids is 2. The van der Waals surface area contributed by atoms with Gasteiger partial charge in [-0.1, -0.05) is 0 Å². The van der Waals surface area contributed by atoms with E-state index in [4.69, 9.17) is 9.47 Å². The maximum absolute atomic E-state index is 14.6. The Bertz CT molecular complexity index is 1120. The van der Waals surface area contributed by atoms with Gasteiger partial charge in [-0.25, -0.2) is 28.3 Å². The molecule has 2 aromatic rings. The second kappa shape index (κ2) is 9.82. The molecule has 35 heavy (non-hydrogen) atoms. The Morgan fingerprint density at radius 1 is 1.23 bits per heavy atom. The number of hydrogen-bond acceptors (Lipinski definition) is 8. The zero-order valence-corrected chi connectivity index (χ0v) is 20.0. The second-order valence-corrected chi connectivity index (χ2v) is 9.62. The summed E-state index contributed by atoms with van der Waals surface area (Å²) in [5, 5.41) is 2.79. The van der Waals surface area contributed by atoms with Crippen molar-refractivity contribution in [2.24, 2.45) is 0 Å². The number of nitrogens with one attached hydrogen (secondary N) is 1. The summed E-state index contributed by atoms with van der Waals surface area (Å²) in [5.74, 6) is -1.85. The van der Waals surface area contributed by atoms with Crippen molar-refractivity contribution in [2.75, 3.05) is 13.7 Å². The van der Waals surface area contributed by atoms with Crippen LogP contribution in [0.2, 0.25) is 0 Å². The third-order valence-electron chi connectivity index (χ3n) is 5.89. The molecule has 0 bridgehead atoms. The van der Waals surface area contributed by atoms with Gasteiger partial charge >= 0.3 is 12.1 Å². The molecule has 188 valence electrons. The van der Waals surface area contributed by atoms with Gasteiger partial charge in [0.1, 0.15) is 23.3 Å². The van der Waals surface area contributed by atoms with Gasteiger partial charge in [-0.2, -0.15) is 0 Å². The van der Waals surface area contributed by atoms with Gasteiger partial charge in [0.25, 0.3) is 0 Å². The van der Waals surface area contributed by atoms with Crippen LogP contribution in [0.5, 0.6) is 0 Å². The SMILES string of the molecule is COC(=O)c1ncc2c(n1)CN([C@H]1CO[C@H](c3cc(F)ccc3F)[C@@H](NC(=O)OC(C)(C)C)C1)C2. The average molecular weight is 491 g/mol. The Balaban J connectivity index is 1.53. The van der Waals surface area contributed by atoms with Gasteiger partial charge in [0, 0.05) is 36.5 Å². The first-order valence-electron chi connectivity index (χ1n) is 11.3. The molecule has 2 aliphatic heterocycles. The number of methoxy groups -OCH3 is 1. The number of nitrogens with zero attached hydrogens (tertiary/aromatic N) is 3. The van der Waals surface area contributed by atoms with E-state index in [0.29, 0.717) is 25.2 Å². The van der Waals surface area contributed by atoms with E-state index in [1.54, 1.807) is 27.0 Å². The standard InChI is InChI=1S/C24H28F2N4O5/c1-24(2,3)35-23(32)29-18-8-15(12-34-20(18)16-7-14(25)5-6-17(16)26)30-10-13-9-27-21(22(31)33-4)28-19(13)11-30/h5-7,9,15,18,20H,8,10-12H2,1-4H3,(H,29,32)/t15-,18+,20-/m1/s1. The molecule has 1 aromatic heterocycles. The summed E-state index contributed by atoms with van der Waals surface area (Å²) in [4.78, 5) is 34.8. The first-order chi connectivity index (χ1) is 16.5. The summed E-state index contributed by atoms with van der Waals surface area (Å²) in [7, 11) is 1.26. The summed E-state index contributed by atoms with van der Waals surface area (Å²) in [6.45, 7) is 6.39. The number of rotatable bonds is 4. The van der Waals surface area contributed by atoms with Gasteiger partial charge in [-0.15, -0.1) is 0 Å². The fourth-order valence-electron chi connectivity index (χ4n) is 4.33. The van der Waals surface area contributed by atoms with Crippen LogP contribution in [0.1, 0.15) is 60.7 Å². The summed E-state index contributed by atoms with van der Waals surface area (Å²) in [6.07, 6.45) is 0.419. The van der Waals surface area contributed by atoms with E-state index >= 15 is 0 Å². The van der Waals surface area contributed by atoms with E-state index < -0.39 is 41.4 Å². The number of alkyl carbamates (subject to hydrolysis) is 1. The monoisotopic (exact) mass is 490 g/mol. The van der Waals surface area contributed by atoms with Crippen LogP contribution < -0.4 is 5.32 Å². The molecule has 0 radical (unpaired) electrons. The maximum atomic E-state index is 14.6. The Labute approximate surface area is 201 Å². The molecule has 4 rings (SSSR count). The van der Waals surface area contributed by atoms with Crippen LogP contribution in [-0.2, 0) is 27.3 Å². The Hall–Kier alpha value is -3.18. The maximum Gasteiger partial charge on any atom is 0.407 e. The molecule has 11 heteroatoms. The van der Waals surface area contributed by atoms with Crippen LogP contribution in [0.15, 0.2) is 24.4 Å². The smallest absolute Gasteiger partial charge is 0.407 e. The predicted molar refractivity (Wildman–Crippen MR) is 119 cm³/mol. The van der Waals surface area contributed by atoms with Gasteiger partial charge in [-0.05, 0) is 45.4 Å². The fraction of sp³-hybridized carbons (Fsp3) is 0.500. The molecule has 3 heterocycles. The molecule has 3 atom stereocenters. The van der Waals surface area contributed by atoms with Crippen LogP contribution in [0.3, 0.4) is 0 Å². The van der Waals surface area contributed by atoms with Gasteiger partial charge in [0.15, 0.2) is 0 Å². The minimum absolute atomic E-state index is 0.0147. The number of carbonyl (C=O) groups is 2. The lowest BCUT2D eigenvalue weighted by Crippen LogP contribution is -2.52. The van der Waals surface area contributed by atoms with Crippen molar-refractivity contribution >= 4 is 12.1 Å². The number of halogens is 2. The molecule has 1 fully saturated rings. The molecule has 0 aliphatic carbocycles. The minimum Gasteiger partial charge on any atom is -0.463 e. The number of fused-ring (bicyclic) bond motifs is 1.